The molecule has 0 aromatic carbocycles. The van der Waals surface area contributed by atoms with Crippen LogP contribution in [-0.2, 0) is 4.79 Å². The van der Waals surface area contributed by atoms with Gasteiger partial charge in [0.2, 0.25) is 0 Å². The first kappa shape index (κ1) is 9.77. The standard InChI is InChI=1S/C12H10N3O2/c16-12-9-10-5-1-2-6-11(10)15(17)14-8-4-3-7-13(12)14/h1-9,11H/q+1. The van der Waals surface area contributed by atoms with E-state index in [1.54, 1.807) is 42.8 Å². The van der Waals surface area contributed by atoms with Crippen LogP contribution in [0.5, 0.6) is 0 Å². The Morgan fingerprint density at radius 2 is 1.94 bits per heavy atom. The molecule has 2 heterocycles. The molecule has 1 unspecified atom stereocenters. The second kappa shape index (κ2) is 3.55. The maximum atomic E-state index is 12.2. The number of amides is 1. The summed E-state index contributed by atoms with van der Waals surface area (Å²) in [7, 11) is 0. The van der Waals surface area contributed by atoms with Gasteiger partial charge in [-0.25, -0.2) is 0 Å². The van der Waals surface area contributed by atoms with Crippen molar-refractivity contribution in [2.45, 2.75) is 6.04 Å². The molecule has 17 heavy (non-hydrogen) atoms. The minimum atomic E-state index is -0.454. The second-order valence-corrected chi connectivity index (χ2v) is 3.82. The van der Waals surface area contributed by atoms with Crippen LogP contribution < -0.4 is 0 Å². The Morgan fingerprint density at radius 3 is 2.82 bits per heavy atom. The number of carbonyl (C=O) groups is 1. The van der Waals surface area contributed by atoms with Gasteiger partial charge in [-0.15, -0.1) is 0 Å². The van der Waals surface area contributed by atoms with E-state index < -0.39 is 6.04 Å². The maximum Gasteiger partial charge on any atom is 0.280 e. The van der Waals surface area contributed by atoms with Gasteiger partial charge in [-0.3, -0.25) is 4.79 Å². The molecule has 0 fully saturated rings. The highest BCUT2D eigenvalue weighted by molar-refractivity contribution is 5.89. The Bertz CT molecular complexity index is 540. The Kier molecular flexibility index (Phi) is 2.04. The zero-order valence-corrected chi connectivity index (χ0v) is 8.93. The molecule has 3 rings (SSSR count). The third kappa shape index (κ3) is 1.44. The molecule has 1 amide bonds. The van der Waals surface area contributed by atoms with E-state index in [0.717, 1.165) is 4.87 Å². The van der Waals surface area contributed by atoms with Crippen molar-refractivity contribution >= 4 is 5.91 Å². The third-order valence-electron chi connectivity index (χ3n) is 2.77. The van der Waals surface area contributed by atoms with Crippen molar-refractivity contribution in [3.8, 4) is 0 Å². The minimum Gasteiger partial charge on any atom is -0.267 e. The maximum absolute atomic E-state index is 12.2. The molecule has 5 heteroatoms. The Labute approximate surface area is 97.8 Å². The molecule has 0 saturated heterocycles. The normalized spacial score (nSPS) is 25.6. The van der Waals surface area contributed by atoms with E-state index >= 15 is 0 Å². The number of nitrogens with zero attached hydrogens (tertiary/aromatic N) is 3. The predicted molar refractivity (Wildman–Crippen MR) is 60.7 cm³/mol. The molecule has 0 saturated carbocycles. The molecule has 0 aromatic rings. The van der Waals surface area contributed by atoms with Crippen molar-refractivity contribution < 1.29 is 9.66 Å². The summed E-state index contributed by atoms with van der Waals surface area (Å²) in [4.78, 5) is 24.9. The van der Waals surface area contributed by atoms with Gasteiger partial charge in [-0.05, 0) is 23.3 Å². The van der Waals surface area contributed by atoms with E-state index in [1.165, 1.54) is 16.2 Å². The van der Waals surface area contributed by atoms with Crippen LogP contribution in [0, 0.1) is 4.91 Å². The van der Waals surface area contributed by atoms with Crippen LogP contribution in [0.4, 0.5) is 0 Å². The van der Waals surface area contributed by atoms with E-state index in [2.05, 4.69) is 0 Å². The topological polar surface area (TPSA) is 43.6 Å². The highest BCUT2D eigenvalue weighted by Crippen LogP contribution is 2.22. The van der Waals surface area contributed by atoms with Crippen LogP contribution in [-0.4, -0.2) is 26.9 Å². The fourth-order valence-electron chi connectivity index (χ4n) is 1.95. The number of nitroso groups, excluding NO2 is 1. The summed E-state index contributed by atoms with van der Waals surface area (Å²) in [6.45, 7) is 0. The molecule has 0 aromatic heterocycles. The second-order valence-electron chi connectivity index (χ2n) is 3.82. The van der Waals surface area contributed by atoms with Crippen LogP contribution in [0.25, 0.3) is 0 Å². The van der Waals surface area contributed by atoms with Crippen LogP contribution in [0.1, 0.15) is 0 Å². The highest BCUT2D eigenvalue weighted by Gasteiger charge is 2.40. The summed E-state index contributed by atoms with van der Waals surface area (Å²) in [6, 6.07) is -0.454. The zero-order chi connectivity index (χ0) is 11.8. The number of hydrazine groups is 2. The number of fused-ring (bicyclic) bond motifs is 2. The molecule has 0 bridgehead atoms. The number of carbonyl (C=O) groups excluding carboxylic acids is 1. The monoisotopic (exact) mass is 228 g/mol. The molecule has 0 N–H and O–H groups in total. The Balaban J connectivity index is 2.09. The Hall–Kier alpha value is -2.43. The van der Waals surface area contributed by atoms with Crippen molar-refractivity contribution in [3.63, 3.8) is 0 Å². The summed E-state index contributed by atoms with van der Waals surface area (Å²) in [5.74, 6) is -0.232. The van der Waals surface area contributed by atoms with Crippen LogP contribution >= 0.6 is 0 Å². The number of allylic oxidation sites excluding steroid dienone is 4. The van der Waals surface area contributed by atoms with Gasteiger partial charge in [-0.2, -0.15) is 5.01 Å². The molecule has 0 radical (unpaired) electrons. The lowest BCUT2D eigenvalue weighted by Crippen LogP contribution is -2.46. The van der Waals surface area contributed by atoms with Crippen LogP contribution in [0.15, 0.2) is 60.5 Å². The smallest absolute Gasteiger partial charge is 0.267 e. The minimum absolute atomic E-state index is 0.232. The predicted octanol–water partition coefficient (Wildman–Crippen LogP) is 1.20. The van der Waals surface area contributed by atoms with Gasteiger partial charge in [-0.1, -0.05) is 18.2 Å². The van der Waals surface area contributed by atoms with Crippen molar-refractivity contribution in [1.29, 1.82) is 0 Å². The largest absolute Gasteiger partial charge is 0.280 e. The van der Waals surface area contributed by atoms with Crippen molar-refractivity contribution in [1.82, 2.24) is 10.1 Å². The molecular formula is C12H10N3O2+. The van der Waals surface area contributed by atoms with Gasteiger partial charge >= 0.3 is 0 Å². The number of rotatable bonds is 0. The molecule has 84 valence electrons. The lowest BCUT2D eigenvalue weighted by molar-refractivity contribution is -0.734. The fourth-order valence-corrected chi connectivity index (χ4v) is 1.95. The summed E-state index contributed by atoms with van der Waals surface area (Å²) >= 11 is 0. The van der Waals surface area contributed by atoms with Gasteiger partial charge in [0.15, 0.2) is 4.87 Å². The molecular weight excluding hydrogens is 218 g/mol. The number of hydrogen-bond donors (Lipinski definition) is 0. The molecule has 1 aliphatic carbocycles. The molecule has 0 spiro atoms. The number of hydrogen-bond acceptors (Lipinski definition) is 2. The van der Waals surface area contributed by atoms with Crippen LogP contribution in [0.3, 0.4) is 0 Å². The summed E-state index contributed by atoms with van der Waals surface area (Å²) in [6.07, 6.45) is 15.2. The highest BCUT2D eigenvalue weighted by atomic mass is 16.4. The van der Waals surface area contributed by atoms with Crippen LogP contribution in [0.2, 0.25) is 0 Å². The van der Waals surface area contributed by atoms with E-state index in [0.29, 0.717) is 5.57 Å². The summed E-state index contributed by atoms with van der Waals surface area (Å²) in [5, 5.41) is 2.54. The SMILES string of the molecule is O=C1C=C2C=CC=CC2[N+](=O)N2C=CC=CN12. The van der Waals surface area contributed by atoms with E-state index in [9.17, 15) is 9.70 Å². The lowest BCUT2D eigenvalue weighted by atomic mass is 10.0. The average molecular weight is 228 g/mol. The van der Waals surface area contributed by atoms with Gasteiger partial charge in [0, 0.05) is 17.8 Å². The fraction of sp³-hybridized carbons (Fsp3) is 0.0833. The average Bonchev–Trinajstić information content (AvgIpc) is 2.48. The quantitative estimate of drug-likeness (QED) is 0.585. The van der Waals surface area contributed by atoms with E-state index in [-0.39, 0.29) is 5.91 Å². The van der Waals surface area contributed by atoms with Crippen molar-refractivity contribution in [2.24, 2.45) is 0 Å². The first-order valence-electron chi connectivity index (χ1n) is 5.27. The molecule has 3 aliphatic rings. The molecule has 5 nitrogen and oxygen atoms in total. The first-order chi connectivity index (χ1) is 8.27. The zero-order valence-electron chi connectivity index (χ0n) is 8.93. The van der Waals surface area contributed by atoms with Gasteiger partial charge in [0.25, 0.3) is 11.9 Å². The van der Waals surface area contributed by atoms with E-state index in [1.807, 2.05) is 6.08 Å². The molecule has 2 aliphatic heterocycles. The van der Waals surface area contributed by atoms with Gasteiger partial charge in [0.1, 0.15) is 0 Å². The van der Waals surface area contributed by atoms with Crippen molar-refractivity contribution in [3.05, 3.63) is 65.4 Å². The van der Waals surface area contributed by atoms with Gasteiger partial charge < -0.3 is 0 Å². The van der Waals surface area contributed by atoms with Gasteiger partial charge in [0.05, 0.1) is 11.1 Å². The summed E-state index contributed by atoms with van der Waals surface area (Å²) < 4.78 is 0. The third-order valence-corrected chi connectivity index (χ3v) is 2.77. The first-order valence-corrected chi connectivity index (χ1v) is 5.27. The molecule has 1 atom stereocenters. The van der Waals surface area contributed by atoms with Crippen molar-refractivity contribution in [2.75, 3.05) is 0 Å². The summed E-state index contributed by atoms with van der Waals surface area (Å²) in [5.41, 5.74) is 0.698. The van der Waals surface area contributed by atoms with E-state index in [4.69, 9.17) is 0 Å². The lowest BCUT2D eigenvalue weighted by Gasteiger charge is -2.22. The Morgan fingerprint density at radius 1 is 1.12 bits per heavy atom.